The van der Waals surface area contributed by atoms with E-state index in [9.17, 15) is 19.5 Å². The molecule has 4 rings (SSSR count). The Morgan fingerprint density at radius 1 is 1.10 bits per heavy atom. The van der Waals surface area contributed by atoms with E-state index in [1.807, 2.05) is 30.3 Å². The zero-order valence-electron chi connectivity index (χ0n) is 16.2. The Hall–Kier alpha value is -3.84. The van der Waals surface area contributed by atoms with Crippen LogP contribution in [0.2, 0.25) is 5.02 Å². The number of carboxylic acid groups (broad SMARTS) is 1. The van der Waals surface area contributed by atoms with Gasteiger partial charge in [0.05, 0.1) is 10.6 Å². The van der Waals surface area contributed by atoms with Crippen LogP contribution in [-0.4, -0.2) is 34.5 Å². The Bertz CT molecular complexity index is 1200. The van der Waals surface area contributed by atoms with Gasteiger partial charge >= 0.3 is 12.0 Å². The number of carboxylic acids is 1. The largest absolute Gasteiger partial charge is 0.478 e. The van der Waals surface area contributed by atoms with Crippen LogP contribution < -0.4 is 5.32 Å². The van der Waals surface area contributed by atoms with Gasteiger partial charge < -0.3 is 14.8 Å². The third-order valence-electron chi connectivity index (χ3n) is 4.82. The standard InChI is InChI=1S/C23H17ClN2O5/c24-18-8-6-15(12-17(18)22(28)29)20-9-7-16(31-20)13-19-21(27)26(23(30)25-19)11-10-14-4-2-1-3-5-14/h1-9,12-13H,10-11H2,(H,25,30)(H,28,29)/b19-13-. The van der Waals surface area contributed by atoms with Crippen LogP contribution >= 0.6 is 11.6 Å². The molecule has 2 aromatic carbocycles. The second kappa shape index (κ2) is 8.49. The van der Waals surface area contributed by atoms with Crippen LogP contribution in [0.3, 0.4) is 0 Å². The van der Waals surface area contributed by atoms with E-state index in [0.29, 0.717) is 23.5 Å². The van der Waals surface area contributed by atoms with E-state index in [1.165, 1.54) is 18.2 Å². The summed E-state index contributed by atoms with van der Waals surface area (Å²) in [5, 5.41) is 11.9. The molecule has 31 heavy (non-hydrogen) atoms. The normalized spacial score (nSPS) is 14.9. The molecule has 0 saturated carbocycles. The van der Waals surface area contributed by atoms with Crippen molar-refractivity contribution in [1.82, 2.24) is 10.2 Å². The van der Waals surface area contributed by atoms with Crippen LogP contribution in [0.4, 0.5) is 4.79 Å². The molecular weight excluding hydrogens is 420 g/mol. The van der Waals surface area contributed by atoms with Crippen LogP contribution in [0.1, 0.15) is 21.7 Å². The molecule has 0 atom stereocenters. The molecule has 156 valence electrons. The third-order valence-corrected chi connectivity index (χ3v) is 5.15. The Kier molecular flexibility index (Phi) is 5.60. The summed E-state index contributed by atoms with van der Waals surface area (Å²) in [6.45, 7) is 0.262. The first-order valence-electron chi connectivity index (χ1n) is 9.44. The van der Waals surface area contributed by atoms with Crippen molar-refractivity contribution in [1.29, 1.82) is 0 Å². The van der Waals surface area contributed by atoms with Crippen molar-refractivity contribution >= 4 is 35.6 Å². The number of rotatable bonds is 6. The lowest BCUT2D eigenvalue weighted by atomic mass is 10.1. The van der Waals surface area contributed by atoms with Gasteiger partial charge in [0.2, 0.25) is 0 Å². The highest BCUT2D eigenvalue weighted by Gasteiger charge is 2.33. The summed E-state index contributed by atoms with van der Waals surface area (Å²) in [5.41, 5.74) is 1.63. The monoisotopic (exact) mass is 436 g/mol. The lowest BCUT2D eigenvalue weighted by Crippen LogP contribution is -2.32. The molecule has 1 aliphatic rings. The van der Waals surface area contributed by atoms with E-state index in [0.717, 1.165) is 10.5 Å². The summed E-state index contributed by atoms with van der Waals surface area (Å²) >= 11 is 5.90. The number of furan rings is 1. The summed E-state index contributed by atoms with van der Waals surface area (Å²) in [6, 6.07) is 16.9. The van der Waals surface area contributed by atoms with Crippen LogP contribution in [0.15, 0.2) is 70.8 Å². The van der Waals surface area contributed by atoms with Gasteiger partial charge in [-0.2, -0.15) is 0 Å². The maximum Gasteiger partial charge on any atom is 0.337 e. The number of carbonyl (C=O) groups excluding carboxylic acids is 2. The van der Waals surface area contributed by atoms with E-state index < -0.39 is 17.9 Å². The Morgan fingerprint density at radius 2 is 1.87 bits per heavy atom. The van der Waals surface area contributed by atoms with Gasteiger partial charge in [-0.3, -0.25) is 9.69 Å². The van der Waals surface area contributed by atoms with E-state index in [4.69, 9.17) is 16.0 Å². The minimum absolute atomic E-state index is 0.0391. The number of benzene rings is 2. The SMILES string of the molecule is O=C(O)c1cc(-c2ccc(/C=C3\NC(=O)N(CCc4ccccc4)C3=O)o2)ccc1Cl. The fraction of sp³-hybridized carbons (Fsp3) is 0.0870. The number of carbonyl (C=O) groups is 3. The number of aromatic carboxylic acids is 1. The number of amides is 3. The van der Waals surface area contributed by atoms with Gasteiger partial charge in [0, 0.05) is 18.2 Å². The fourth-order valence-corrected chi connectivity index (χ4v) is 3.43. The second-order valence-electron chi connectivity index (χ2n) is 6.88. The number of halogens is 1. The van der Waals surface area contributed by atoms with Crippen LogP contribution in [-0.2, 0) is 11.2 Å². The zero-order chi connectivity index (χ0) is 22.0. The molecule has 1 aliphatic heterocycles. The van der Waals surface area contributed by atoms with Gasteiger partial charge in [-0.1, -0.05) is 41.9 Å². The number of nitrogens with zero attached hydrogens (tertiary/aromatic N) is 1. The first kappa shape index (κ1) is 20.4. The molecule has 3 amide bonds. The molecule has 8 heteroatoms. The van der Waals surface area contributed by atoms with Gasteiger partial charge in [0.1, 0.15) is 17.2 Å². The van der Waals surface area contributed by atoms with Crippen molar-refractivity contribution in [2.45, 2.75) is 6.42 Å². The highest BCUT2D eigenvalue weighted by Crippen LogP contribution is 2.28. The average Bonchev–Trinajstić information content (AvgIpc) is 3.32. The highest BCUT2D eigenvalue weighted by molar-refractivity contribution is 6.33. The number of imide groups is 1. The predicted octanol–water partition coefficient (Wildman–Crippen LogP) is 4.43. The van der Waals surface area contributed by atoms with Gasteiger partial charge in [0.15, 0.2) is 0 Å². The maximum absolute atomic E-state index is 12.6. The molecule has 7 nitrogen and oxygen atoms in total. The summed E-state index contributed by atoms with van der Waals surface area (Å²) < 4.78 is 5.72. The smallest absolute Gasteiger partial charge is 0.337 e. The Balaban J connectivity index is 1.50. The number of urea groups is 1. The molecule has 1 fully saturated rings. The Morgan fingerprint density at radius 3 is 2.61 bits per heavy atom. The molecule has 2 N–H and O–H groups in total. The zero-order valence-corrected chi connectivity index (χ0v) is 16.9. The van der Waals surface area contributed by atoms with Crippen molar-refractivity contribution < 1.29 is 23.9 Å². The molecule has 0 radical (unpaired) electrons. The van der Waals surface area contributed by atoms with Crippen molar-refractivity contribution in [3.05, 3.63) is 88.3 Å². The van der Waals surface area contributed by atoms with Crippen LogP contribution in [0.5, 0.6) is 0 Å². The first-order chi connectivity index (χ1) is 14.9. The molecule has 1 aromatic heterocycles. The lowest BCUT2D eigenvalue weighted by molar-refractivity contribution is -0.122. The van der Waals surface area contributed by atoms with Crippen molar-refractivity contribution in [3.8, 4) is 11.3 Å². The quantitative estimate of drug-likeness (QED) is 0.439. The average molecular weight is 437 g/mol. The number of nitrogens with one attached hydrogen (secondary N) is 1. The van der Waals surface area contributed by atoms with Gasteiger partial charge in [-0.25, -0.2) is 9.59 Å². The van der Waals surface area contributed by atoms with Crippen molar-refractivity contribution in [2.75, 3.05) is 6.54 Å². The van der Waals surface area contributed by atoms with E-state index in [1.54, 1.807) is 18.2 Å². The van der Waals surface area contributed by atoms with Gasteiger partial charge in [0.25, 0.3) is 5.91 Å². The highest BCUT2D eigenvalue weighted by atomic mass is 35.5. The van der Waals surface area contributed by atoms with Crippen molar-refractivity contribution in [2.24, 2.45) is 0 Å². The lowest BCUT2D eigenvalue weighted by Gasteiger charge is -2.11. The topological polar surface area (TPSA) is 99.9 Å². The summed E-state index contributed by atoms with van der Waals surface area (Å²) in [5.74, 6) is -0.826. The molecular formula is C23H17ClN2O5. The number of hydrogen-bond acceptors (Lipinski definition) is 4. The maximum atomic E-state index is 12.6. The van der Waals surface area contributed by atoms with Crippen LogP contribution in [0.25, 0.3) is 17.4 Å². The summed E-state index contributed by atoms with van der Waals surface area (Å²) in [4.78, 5) is 37.3. The molecule has 2 heterocycles. The minimum atomic E-state index is -1.14. The third kappa shape index (κ3) is 4.36. The second-order valence-corrected chi connectivity index (χ2v) is 7.29. The first-order valence-corrected chi connectivity index (χ1v) is 9.81. The van der Waals surface area contributed by atoms with E-state index in [-0.39, 0.29) is 22.8 Å². The molecule has 0 spiro atoms. The molecule has 0 bridgehead atoms. The molecule has 3 aromatic rings. The van der Waals surface area contributed by atoms with E-state index in [2.05, 4.69) is 5.32 Å². The number of hydrogen-bond donors (Lipinski definition) is 2. The fourth-order valence-electron chi connectivity index (χ4n) is 3.23. The van der Waals surface area contributed by atoms with Crippen LogP contribution in [0, 0.1) is 0 Å². The molecule has 1 saturated heterocycles. The molecule has 0 unspecified atom stereocenters. The van der Waals surface area contributed by atoms with Gasteiger partial charge in [-0.15, -0.1) is 0 Å². The van der Waals surface area contributed by atoms with Crippen molar-refractivity contribution in [3.63, 3.8) is 0 Å². The van der Waals surface area contributed by atoms with Gasteiger partial charge in [-0.05, 0) is 42.3 Å². The Labute approximate surface area is 182 Å². The molecule has 0 aliphatic carbocycles. The predicted molar refractivity (Wildman–Crippen MR) is 114 cm³/mol. The summed E-state index contributed by atoms with van der Waals surface area (Å²) in [6.07, 6.45) is 2.00. The van der Waals surface area contributed by atoms with E-state index >= 15 is 0 Å². The minimum Gasteiger partial charge on any atom is -0.478 e. The summed E-state index contributed by atoms with van der Waals surface area (Å²) in [7, 11) is 0.